The Morgan fingerprint density at radius 1 is 1.23 bits per heavy atom. The average molecular weight is 178 g/mol. The fourth-order valence-corrected chi connectivity index (χ4v) is 1.65. The number of benzene rings is 1. The van der Waals surface area contributed by atoms with E-state index in [4.69, 9.17) is 0 Å². The second kappa shape index (κ2) is 3.41. The molecule has 1 N–H and O–H groups in total. The first-order valence-electron chi connectivity index (χ1n) is 4.78. The quantitative estimate of drug-likeness (QED) is 0.700. The summed E-state index contributed by atoms with van der Waals surface area (Å²) < 4.78 is 0. The summed E-state index contributed by atoms with van der Waals surface area (Å²) in [6.45, 7) is 8.58. The number of phenols is 1. The van der Waals surface area contributed by atoms with Crippen molar-refractivity contribution < 1.29 is 5.11 Å². The summed E-state index contributed by atoms with van der Waals surface area (Å²) in [5.74, 6) is 0.426. The van der Waals surface area contributed by atoms with Gasteiger partial charge in [0.05, 0.1) is 0 Å². The van der Waals surface area contributed by atoms with Gasteiger partial charge in [-0.25, -0.2) is 0 Å². The molecule has 0 fully saturated rings. The Morgan fingerprint density at radius 3 is 2.23 bits per heavy atom. The Morgan fingerprint density at radius 2 is 1.85 bits per heavy atom. The van der Waals surface area contributed by atoms with Crippen LogP contribution in [0.3, 0.4) is 0 Å². The summed E-state index contributed by atoms with van der Waals surface area (Å²) in [5, 5.41) is 9.65. The van der Waals surface area contributed by atoms with Crippen LogP contribution in [0.1, 0.15) is 38.8 Å². The van der Waals surface area contributed by atoms with Crippen LogP contribution in [0.15, 0.2) is 18.2 Å². The SMILES string of the molecule is CCc1c(O)cccc1C(C)(C)C. The van der Waals surface area contributed by atoms with Gasteiger partial charge in [-0.1, -0.05) is 39.8 Å². The molecule has 0 heterocycles. The second-order valence-electron chi connectivity index (χ2n) is 4.41. The number of hydrogen-bond donors (Lipinski definition) is 1. The molecular formula is C12H18O. The van der Waals surface area contributed by atoms with Gasteiger partial charge in [-0.2, -0.15) is 0 Å². The molecule has 0 radical (unpaired) electrons. The van der Waals surface area contributed by atoms with Gasteiger partial charge in [0.1, 0.15) is 5.75 Å². The molecule has 0 aromatic heterocycles. The number of rotatable bonds is 1. The van der Waals surface area contributed by atoms with Crippen LogP contribution in [0.5, 0.6) is 5.75 Å². The van der Waals surface area contributed by atoms with Gasteiger partial charge >= 0.3 is 0 Å². The largest absolute Gasteiger partial charge is 0.508 e. The number of hydrogen-bond acceptors (Lipinski definition) is 1. The molecule has 0 spiro atoms. The first-order valence-corrected chi connectivity index (χ1v) is 4.78. The smallest absolute Gasteiger partial charge is 0.119 e. The third kappa shape index (κ3) is 2.03. The van der Waals surface area contributed by atoms with Crippen LogP contribution in [0.4, 0.5) is 0 Å². The Balaban J connectivity index is 3.29. The lowest BCUT2D eigenvalue weighted by molar-refractivity contribution is 0.463. The van der Waals surface area contributed by atoms with Gasteiger partial charge in [-0.3, -0.25) is 0 Å². The van der Waals surface area contributed by atoms with Gasteiger partial charge in [-0.15, -0.1) is 0 Å². The predicted molar refractivity (Wildman–Crippen MR) is 56.2 cm³/mol. The lowest BCUT2D eigenvalue weighted by Crippen LogP contribution is -2.13. The minimum atomic E-state index is 0.115. The molecule has 72 valence electrons. The van der Waals surface area contributed by atoms with Crippen LogP contribution >= 0.6 is 0 Å². The Bertz CT molecular complexity index is 294. The highest BCUT2D eigenvalue weighted by molar-refractivity contribution is 5.42. The summed E-state index contributed by atoms with van der Waals surface area (Å²) in [5.41, 5.74) is 2.44. The van der Waals surface area contributed by atoms with E-state index < -0.39 is 0 Å². The van der Waals surface area contributed by atoms with E-state index in [0.29, 0.717) is 5.75 Å². The molecule has 0 saturated carbocycles. The molecule has 0 saturated heterocycles. The van der Waals surface area contributed by atoms with Crippen LogP contribution in [0.25, 0.3) is 0 Å². The van der Waals surface area contributed by atoms with E-state index in [1.807, 2.05) is 6.07 Å². The highest BCUT2D eigenvalue weighted by Crippen LogP contribution is 2.31. The molecule has 1 aromatic carbocycles. The lowest BCUT2D eigenvalue weighted by Gasteiger charge is -2.23. The number of phenolic OH excluding ortho intramolecular Hbond substituents is 1. The topological polar surface area (TPSA) is 20.2 Å². The maximum absolute atomic E-state index is 9.65. The summed E-state index contributed by atoms with van der Waals surface area (Å²) in [4.78, 5) is 0. The van der Waals surface area contributed by atoms with Crippen molar-refractivity contribution in [1.29, 1.82) is 0 Å². The van der Waals surface area contributed by atoms with Crippen LogP contribution in [0.2, 0.25) is 0 Å². The minimum absolute atomic E-state index is 0.115. The standard InChI is InChI=1S/C12H18O/c1-5-9-10(12(2,3)4)7-6-8-11(9)13/h6-8,13H,5H2,1-4H3. The zero-order valence-corrected chi connectivity index (χ0v) is 8.89. The van der Waals surface area contributed by atoms with Gasteiger partial charge in [-0.05, 0) is 29.0 Å². The van der Waals surface area contributed by atoms with Crippen LogP contribution in [-0.2, 0) is 11.8 Å². The molecule has 1 nitrogen and oxygen atoms in total. The van der Waals surface area contributed by atoms with Gasteiger partial charge in [0.25, 0.3) is 0 Å². The van der Waals surface area contributed by atoms with Crippen LogP contribution < -0.4 is 0 Å². The minimum Gasteiger partial charge on any atom is -0.508 e. The first kappa shape index (κ1) is 10.1. The third-order valence-corrected chi connectivity index (χ3v) is 2.31. The number of aromatic hydroxyl groups is 1. The van der Waals surface area contributed by atoms with Crippen molar-refractivity contribution >= 4 is 0 Å². The second-order valence-corrected chi connectivity index (χ2v) is 4.41. The maximum atomic E-state index is 9.65. The van der Waals surface area contributed by atoms with Crippen molar-refractivity contribution in [3.63, 3.8) is 0 Å². The highest BCUT2D eigenvalue weighted by Gasteiger charge is 2.18. The van der Waals surface area contributed by atoms with Gasteiger partial charge in [0.2, 0.25) is 0 Å². The van der Waals surface area contributed by atoms with Crippen molar-refractivity contribution in [2.75, 3.05) is 0 Å². The normalized spacial score (nSPS) is 11.7. The molecule has 13 heavy (non-hydrogen) atoms. The summed E-state index contributed by atoms with van der Waals surface area (Å²) in [6, 6.07) is 5.77. The molecular weight excluding hydrogens is 160 g/mol. The predicted octanol–water partition coefficient (Wildman–Crippen LogP) is 3.25. The van der Waals surface area contributed by atoms with E-state index in [1.54, 1.807) is 6.07 Å². The molecule has 0 amide bonds. The molecule has 1 aromatic rings. The monoisotopic (exact) mass is 178 g/mol. The Kier molecular flexibility index (Phi) is 2.65. The van der Waals surface area contributed by atoms with E-state index >= 15 is 0 Å². The van der Waals surface area contributed by atoms with Gasteiger partial charge in [0, 0.05) is 0 Å². The summed E-state index contributed by atoms with van der Waals surface area (Å²) in [7, 11) is 0. The molecule has 0 bridgehead atoms. The zero-order chi connectivity index (χ0) is 10.1. The van der Waals surface area contributed by atoms with E-state index in [-0.39, 0.29) is 5.41 Å². The Labute approximate surface area is 80.4 Å². The van der Waals surface area contributed by atoms with Crippen molar-refractivity contribution in [2.45, 2.75) is 39.5 Å². The van der Waals surface area contributed by atoms with Crippen molar-refractivity contribution in [1.82, 2.24) is 0 Å². The summed E-state index contributed by atoms with van der Waals surface area (Å²) in [6.07, 6.45) is 0.888. The van der Waals surface area contributed by atoms with E-state index in [1.165, 1.54) is 5.56 Å². The van der Waals surface area contributed by atoms with Crippen LogP contribution in [0, 0.1) is 0 Å². The summed E-state index contributed by atoms with van der Waals surface area (Å²) >= 11 is 0. The average Bonchev–Trinajstić information content (AvgIpc) is 2.02. The molecule has 1 heteroatoms. The van der Waals surface area contributed by atoms with Crippen molar-refractivity contribution in [2.24, 2.45) is 0 Å². The zero-order valence-electron chi connectivity index (χ0n) is 8.89. The van der Waals surface area contributed by atoms with Gasteiger partial charge < -0.3 is 5.11 Å². The maximum Gasteiger partial charge on any atom is 0.119 e. The first-order chi connectivity index (χ1) is 5.96. The molecule has 0 unspecified atom stereocenters. The van der Waals surface area contributed by atoms with E-state index in [9.17, 15) is 5.11 Å². The highest BCUT2D eigenvalue weighted by atomic mass is 16.3. The van der Waals surface area contributed by atoms with Crippen molar-refractivity contribution in [3.05, 3.63) is 29.3 Å². The van der Waals surface area contributed by atoms with Crippen molar-refractivity contribution in [3.8, 4) is 5.75 Å². The van der Waals surface area contributed by atoms with E-state index in [0.717, 1.165) is 12.0 Å². The fourth-order valence-electron chi connectivity index (χ4n) is 1.65. The third-order valence-electron chi connectivity index (χ3n) is 2.31. The van der Waals surface area contributed by atoms with Crippen LogP contribution in [-0.4, -0.2) is 5.11 Å². The molecule has 1 rings (SSSR count). The molecule has 0 atom stereocenters. The molecule has 0 aliphatic heterocycles. The Hall–Kier alpha value is -0.980. The molecule has 0 aliphatic carbocycles. The van der Waals surface area contributed by atoms with E-state index in [2.05, 4.69) is 33.8 Å². The fraction of sp³-hybridized carbons (Fsp3) is 0.500. The molecule has 0 aliphatic rings. The lowest BCUT2D eigenvalue weighted by atomic mass is 9.83. The van der Waals surface area contributed by atoms with Gasteiger partial charge in [0.15, 0.2) is 0 Å².